The Balaban J connectivity index is 1.42. The van der Waals surface area contributed by atoms with Crippen molar-refractivity contribution in [3.63, 3.8) is 0 Å². The van der Waals surface area contributed by atoms with Gasteiger partial charge in [-0.15, -0.1) is 0 Å². The summed E-state index contributed by atoms with van der Waals surface area (Å²) in [5, 5.41) is 0. The first-order valence-corrected chi connectivity index (χ1v) is 10.3. The van der Waals surface area contributed by atoms with Crippen molar-refractivity contribution in [3.05, 3.63) is 77.9 Å². The van der Waals surface area contributed by atoms with Crippen LogP contribution in [0, 0.1) is 13.8 Å². The van der Waals surface area contributed by atoms with Crippen LogP contribution in [0.3, 0.4) is 0 Å². The molecule has 6 nitrogen and oxygen atoms in total. The Morgan fingerprint density at radius 1 is 0.867 bits per heavy atom. The van der Waals surface area contributed by atoms with Crippen LogP contribution in [0.2, 0.25) is 0 Å². The summed E-state index contributed by atoms with van der Waals surface area (Å²) >= 11 is 1.61. The Labute approximate surface area is 179 Å². The number of carbonyl (C=O) groups excluding carboxylic acids is 2. The van der Waals surface area contributed by atoms with E-state index in [2.05, 4.69) is 10.9 Å². The number of nitrogens with zero attached hydrogens (tertiary/aromatic N) is 1. The molecule has 0 atom stereocenters. The molecule has 152 valence electrons. The topological polar surface area (TPSA) is 70.7 Å². The van der Waals surface area contributed by atoms with Gasteiger partial charge in [-0.2, -0.15) is 0 Å². The van der Waals surface area contributed by atoms with Crippen LogP contribution in [0.5, 0.6) is 5.75 Å². The molecule has 2 N–H and O–H groups in total. The lowest BCUT2D eigenvalue weighted by Gasteiger charge is -2.30. The second-order valence-electron chi connectivity index (χ2n) is 6.96. The maximum atomic E-state index is 12.9. The van der Waals surface area contributed by atoms with Gasteiger partial charge < -0.3 is 4.74 Å². The van der Waals surface area contributed by atoms with Crippen LogP contribution >= 0.6 is 11.8 Å². The molecule has 0 aromatic heterocycles. The van der Waals surface area contributed by atoms with Crippen molar-refractivity contribution in [3.8, 4) is 5.75 Å². The second-order valence-corrected chi connectivity index (χ2v) is 8.05. The molecule has 1 aliphatic rings. The summed E-state index contributed by atoms with van der Waals surface area (Å²) in [6, 6.07) is 20.6. The van der Waals surface area contributed by atoms with E-state index in [0.29, 0.717) is 5.75 Å². The SMILES string of the molecule is Cc1cc(C)cc(OCC(=O)NNC(=O)N2c3ccccc3Sc3ccccc32)c1. The molecule has 0 saturated heterocycles. The van der Waals surface area contributed by atoms with Gasteiger partial charge in [0.15, 0.2) is 6.61 Å². The fraction of sp³-hybridized carbons (Fsp3) is 0.130. The molecule has 0 saturated carbocycles. The zero-order valence-electron chi connectivity index (χ0n) is 16.6. The predicted octanol–water partition coefficient (Wildman–Crippen LogP) is 4.73. The molecule has 0 radical (unpaired) electrons. The van der Waals surface area contributed by atoms with E-state index in [9.17, 15) is 9.59 Å². The highest BCUT2D eigenvalue weighted by atomic mass is 32.2. The van der Waals surface area contributed by atoms with Crippen molar-refractivity contribution in [1.29, 1.82) is 0 Å². The molecule has 7 heteroatoms. The highest BCUT2D eigenvalue weighted by Gasteiger charge is 2.28. The van der Waals surface area contributed by atoms with Crippen LogP contribution < -0.4 is 20.5 Å². The minimum absolute atomic E-state index is 0.202. The minimum Gasteiger partial charge on any atom is -0.484 e. The van der Waals surface area contributed by atoms with Gasteiger partial charge >= 0.3 is 6.03 Å². The zero-order chi connectivity index (χ0) is 21.1. The molecule has 0 fully saturated rings. The molecular formula is C23H21N3O3S. The second kappa shape index (κ2) is 8.51. The molecule has 3 aromatic carbocycles. The summed E-state index contributed by atoms with van der Waals surface area (Å²) in [5.74, 6) is 0.167. The van der Waals surface area contributed by atoms with Gasteiger partial charge in [0.25, 0.3) is 5.91 Å². The van der Waals surface area contributed by atoms with Crippen molar-refractivity contribution in [1.82, 2.24) is 10.9 Å². The fourth-order valence-corrected chi connectivity index (χ4v) is 4.36. The normalized spacial score (nSPS) is 11.9. The first-order chi connectivity index (χ1) is 14.5. The summed E-state index contributed by atoms with van der Waals surface area (Å²) in [7, 11) is 0. The van der Waals surface area contributed by atoms with Crippen LogP contribution in [0.1, 0.15) is 11.1 Å². The smallest absolute Gasteiger partial charge is 0.345 e. The number of hydrazine groups is 1. The largest absolute Gasteiger partial charge is 0.484 e. The molecule has 3 amide bonds. The Kier molecular flexibility index (Phi) is 5.63. The number of hydrogen-bond acceptors (Lipinski definition) is 4. The van der Waals surface area contributed by atoms with E-state index in [4.69, 9.17) is 4.74 Å². The van der Waals surface area contributed by atoms with Gasteiger partial charge in [0.2, 0.25) is 0 Å². The molecule has 30 heavy (non-hydrogen) atoms. The van der Waals surface area contributed by atoms with E-state index in [-0.39, 0.29) is 6.61 Å². The van der Waals surface area contributed by atoms with Crippen LogP contribution in [0.4, 0.5) is 16.2 Å². The number of aryl methyl sites for hydroxylation is 2. The number of carbonyl (C=O) groups is 2. The van der Waals surface area contributed by atoms with Crippen molar-refractivity contribution >= 4 is 35.1 Å². The number of benzene rings is 3. The van der Waals surface area contributed by atoms with Gasteiger partial charge in [-0.1, -0.05) is 42.1 Å². The van der Waals surface area contributed by atoms with Gasteiger partial charge in [0, 0.05) is 9.79 Å². The number of anilines is 2. The predicted molar refractivity (Wildman–Crippen MR) is 117 cm³/mol. The quantitative estimate of drug-likeness (QED) is 0.603. The third kappa shape index (κ3) is 4.26. The van der Waals surface area contributed by atoms with Gasteiger partial charge in [-0.25, -0.2) is 10.2 Å². The molecule has 0 aliphatic carbocycles. The molecule has 4 rings (SSSR count). The summed E-state index contributed by atoms with van der Waals surface area (Å²) in [5.41, 5.74) is 8.56. The number of fused-ring (bicyclic) bond motifs is 2. The third-order valence-corrected chi connectivity index (χ3v) is 5.64. The number of rotatable bonds is 3. The molecule has 0 spiro atoms. The standard InChI is InChI=1S/C23H21N3O3S/c1-15-11-16(2)13-17(12-15)29-14-22(27)24-25-23(28)26-18-7-3-5-9-20(18)30-21-10-6-4-8-19(21)26/h3-13H,14H2,1-2H3,(H,24,27)(H,25,28). The maximum Gasteiger partial charge on any atom is 0.345 e. The number of urea groups is 1. The lowest BCUT2D eigenvalue weighted by Crippen LogP contribution is -2.49. The minimum atomic E-state index is -0.449. The summed E-state index contributed by atoms with van der Waals surface area (Å²) in [6.45, 7) is 3.73. The molecule has 1 aliphatic heterocycles. The van der Waals surface area contributed by atoms with Gasteiger partial charge in [0.1, 0.15) is 5.75 Å². The number of nitrogens with one attached hydrogen (secondary N) is 2. The Bertz CT molecular complexity index is 1050. The molecule has 3 aromatic rings. The van der Waals surface area contributed by atoms with Gasteiger partial charge in [-0.05, 0) is 61.4 Å². The summed E-state index contributed by atoms with van der Waals surface area (Å²) < 4.78 is 5.54. The van der Waals surface area contributed by atoms with Crippen molar-refractivity contribution in [2.24, 2.45) is 0 Å². The highest BCUT2D eigenvalue weighted by molar-refractivity contribution is 7.99. The van der Waals surface area contributed by atoms with Crippen molar-refractivity contribution in [2.45, 2.75) is 23.6 Å². The number of para-hydroxylation sites is 2. The monoisotopic (exact) mass is 419 g/mol. The maximum absolute atomic E-state index is 12.9. The van der Waals surface area contributed by atoms with Crippen molar-refractivity contribution < 1.29 is 14.3 Å². The van der Waals surface area contributed by atoms with Crippen molar-refractivity contribution in [2.75, 3.05) is 11.5 Å². The molecule has 0 unspecified atom stereocenters. The summed E-state index contributed by atoms with van der Waals surface area (Å²) in [6.07, 6.45) is 0. The first-order valence-electron chi connectivity index (χ1n) is 9.47. The number of hydrogen-bond donors (Lipinski definition) is 2. The number of amides is 3. The van der Waals surface area contributed by atoms with E-state index in [1.54, 1.807) is 16.7 Å². The van der Waals surface area contributed by atoms with E-state index < -0.39 is 11.9 Å². The number of ether oxygens (including phenoxy) is 1. The van der Waals surface area contributed by atoms with E-state index in [1.165, 1.54) is 0 Å². The first kappa shape index (κ1) is 19.8. The highest BCUT2D eigenvalue weighted by Crippen LogP contribution is 2.47. The molecular weight excluding hydrogens is 398 g/mol. The van der Waals surface area contributed by atoms with Gasteiger partial charge in [0.05, 0.1) is 11.4 Å². The Morgan fingerprint density at radius 3 is 2.03 bits per heavy atom. The van der Waals surface area contributed by atoms with Crippen LogP contribution in [-0.2, 0) is 4.79 Å². The van der Waals surface area contributed by atoms with E-state index in [1.807, 2.05) is 80.6 Å². The van der Waals surface area contributed by atoms with Crippen LogP contribution in [-0.4, -0.2) is 18.5 Å². The van der Waals surface area contributed by atoms with E-state index >= 15 is 0 Å². The Hall–Kier alpha value is -3.45. The average molecular weight is 420 g/mol. The lowest BCUT2D eigenvalue weighted by molar-refractivity contribution is -0.123. The molecule has 1 heterocycles. The average Bonchev–Trinajstić information content (AvgIpc) is 2.73. The van der Waals surface area contributed by atoms with Crippen LogP contribution in [0.25, 0.3) is 0 Å². The summed E-state index contributed by atoms with van der Waals surface area (Å²) in [4.78, 5) is 28.6. The Morgan fingerprint density at radius 2 is 1.43 bits per heavy atom. The van der Waals surface area contributed by atoms with Gasteiger partial charge in [-0.3, -0.25) is 15.1 Å². The molecule has 0 bridgehead atoms. The van der Waals surface area contributed by atoms with Crippen LogP contribution in [0.15, 0.2) is 76.5 Å². The fourth-order valence-electron chi connectivity index (χ4n) is 3.30. The third-order valence-electron chi connectivity index (χ3n) is 4.51. The van der Waals surface area contributed by atoms with E-state index in [0.717, 1.165) is 32.3 Å². The lowest BCUT2D eigenvalue weighted by atomic mass is 10.1. The zero-order valence-corrected chi connectivity index (χ0v) is 17.5.